The average molecular weight is 673 g/mol. The first-order valence-corrected chi connectivity index (χ1v) is 20.0. The number of carbonyl (C=O) groups excluding carboxylic acids is 6. The standard InChI is InChI=1S/C26H44N6O11Si2/c1-19(2)23(37)41-11-9-21(35)13-31(25(39)29-27-15-33)17-44(5,6)43-45(7,8)18-32(26(40)30-28-16-34)14-22(36)10-12-42-24(38)20(3)4/h21-22,35-36H,1,3,9-14,17-18H2,2,4-8H3,(H,29,39)(H,30,40). The van der Waals surface area contributed by atoms with E-state index in [0.717, 1.165) is 0 Å². The quantitative estimate of drug-likeness (QED) is 0.0353. The van der Waals surface area contributed by atoms with Gasteiger partial charge in [-0.3, -0.25) is 0 Å². The number of esters is 2. The second-order valence-electron chi connectivity index (χ2n) is 11.3. The Labute approximate surface area is 264 Å². The van der Waals surface area contributed by atoms with E-state index < -0.39 is 52.8 Å². The Morgan fingerprint density at radius 1 is 0.756 bits per heavy atom. The molecule has 0 aliphatic rings. The molecule has 0 fully saturated rings. The maximum absolute atomic E-state index is 12.8. The summed E-state index contributed by atoms with van der Waals surface area (Å²) in [5, 5.41) is 27.2. The molecule has 0 saturated carbocycles. The average Bonchev–Trinajstić information content (AvgIpc) is 2.92. The first kappa shape index (κ1) is 41.0. The minimum absolute atomic E-state index is 0.00486. The Kier molecular flexibility index (Phi) is 18.4. The van der Waals surface area contributed by atoms with Gasteiger partial charge in [-0.2, -0.15) is 0 Å². The highest BCUT2D eigenvalue weighted by molar-refractivity contribution is 6.85. The Morgan fingerprint density at radius 3 is 1.38 bits per heavy atom. The van der Waals surface area contributed by atoms with Crippen LogP contribution in [0.4, 0.5) is 9.59 Å². The van der Waals surface area contributed by atoms with Crippen LogP contribution in [0.3, 0.4) is 0 Å². The summed E-state index contributed by atoms with van der Waals surface area (Å²) in [6.07, 6.45) is 0.223. The van der Waals surface area contributed by atoms with Crippen LogP contribution in [-0.2, 0) is 32.8 Å². The number of urea groups is 2. The molecule has 0 radical (unpaired) electrons. The van der Waals surface area contributed by atoms with Crippen LogP contribution in [0.15, 0.2) is 34.5 Å². The summed E-state index contributed by atoms with van der Waals surface area (Å²) < 4.78 is 16.5. The van der Waals surface area contributed by atoms with Gasteiger partial charge in [0.15, 0.2) is 16.6 Å². The second kappa shape index (κ2) is 20.1. The molecule has 45 heavy (non-hydrogen) atoms. The van der Waals surface area contributed by atoms with Crippen LogP contribution in [-0.4, -0.2) is 124 Å². The Morgan fingerprint density at radius 2 is 1.09 bits per heavy atom. The normalized spacial score (nSPS) is 12.3. The van der Waals surface area contributed by atoms with E-state index in [2.05, 4.69) is 23.4 Å². The summed E-state index contributed by atoms with van der Waals surface area (Å²) in [4.78, 5) is 72.2. The number of nitrogens with one attached hydrogen (secondary N) is 2. The molecular formula is C26H44N6O11Si2. The van der Waals surface area contributed by atoms with E-state index in [0.29, 0.717) is 0 Å². The van der Waals surface area contributed by atoms with E-state index in [9.17, 15) is 39.0 Å². The molecule has 2 atom stereocenters. The third kappa shape index (κ3) is 18.4. The Hall–Kier alpha value is -3.97. The van der Waals surface area contributed by atoms with Gasteiger partial charge in [0.2, 0.25) is 0 Å². The molecule has 252 valence electrons. The van der Waals surface area contributed by atoms with Crippen molar-refractivity contribution in [2.24, 2.45) is 10.2 Å². The minimum Gasteiger partial charge on any atom is -0.462 e. The van der Waals surface area contributed by atoms with Crippen molar-refractivity contribution in [3.05, 3.63) is 24.3 Å². The predicted octanol–water partition coefficient (Wildman–Crippen LogP) is 0.757. The van der Waals surface area contributed by atoms with Crippen molar-refractivity contribution >= 4 is 52.8 Å². The smallest absolute Gasteiger partial charge is 0.338 e. The number of aliphatic hydroxyl groups is 2. The largest absolute Gasteiger partial charge is 0.462 e. The highest BCUT2D eigenvalue weighted by atomic mass is 28.4. The zero-order valence-electron chi connectivity index (χ0n) is 26.6. The lowest BCUT2D eigenvalue weighted by atomic mass is 10.2. The molecule has 0 spiro atoms. The summed E-state index contributed by atoms with van der Waals surface area (Å²) in [6, 6.07) is -1.61. The molecule has 2 unspecified atom stereocenters. The first-order valence-electron chi connectivity index (χ1n) is 13.8. The second-order valence-corrected chi connectivity index (χ2v) is 19.8. The van der Waals surface area contributed by atoms with E-state index in [-0.39, 0.29) is 62.6 Å². The topological polar surface area (TPSA) is 226 Å². The SMILES string of the molecule is C=C(C)C(=O)OCCC(O)CN(C[Si](C)(C)O[Si](C)(C)CN(CC(O)CCOC(=O)C(=C)C)C(=O)NN=C=O)C(=O)NN=C=O. The zero-order chi connectivity index (χ0) is 34.8. The van der Waals surface area contributed by atoms with Gasteiger partial charge >= 0.3 is 24.0 Å². The summed E-state index contributed by atoms with van der Waals surface area (Å²) in [5.41, 5.74) is 4.43. The number of isocyanates is 2. The van der Waals surface area contributed by atoms with E-state index in [1.165, 1.54) is 35.8 Å². The highest BCUT2D eigenvalue weighted by Crippen LogP contribution is 2.19. The third-order valence-corrected chi connectivity index (χ3v) is 12.3. The number of amides is 4. The van der Waals surface area contributed by atoms with Gasteiger partial charge in [-0.15, -0.1) is 0 Å². The molecule has 0 aromatic heterocycles. The fourth-order valence-corrected chi connectivity index (χ4v) is 12.9. The van der Waals surface area contributed by atoms with Crippen LogP contribution in [0, 0.1) is 0 Å². The first-order chi connectivity index (χ1) is 20.8. The van der Waals surface area contributed by atoms with Gasteiger partial charge in [-0.05, 0) is 40.0 Å². The van der Waals surface area contributed by atoms with E-state index in [4.69, 9.17) is 13.6 Å². The zero-order valence-corrected chi connectivity index (χ0v) is 28.6. The molecule has 0 aromatic carbocycles. The van der Waals surface area contributed by atoms with Crippen molar-refractivity contribution in [3.8, 4) is 0 Å². The summed E-state index contributed by atoms with van der Waals surface area (Å²) in [5.74, 6) is -1.24. The monoisotopic (exact) mass is 672 g/mol. The van der Waals surface area contributed by atoms with Crippen molar-refractivity contribution in [1.29, 1.82) is 0 Å². The number of ether oxygens (including phenoxy) is 2. The predicted molar refractivity (Wildman–Crippen MR) is 165 cm³/mol. The van der Waals surface area contributed by atoms with Crippen molar-refractivity contribution in [3.63, 3.8) is 0 Å². The molecular weight excluding hydrogens is 628 g/mol. The van der Waals surface area contributed by atoms with Gasteiger partial charge < -0.3 is 33.6 Å². The van der Waals surface area contributed by atoms with Crippen LogP contribution in [0.5, 0.6) is 0 Å². The van der Waals surface area contributed by atoms with Crippen molar-refractivity contribution in [2.75, 3.05) is 38.6 Å². The molecule has 4 N–H and O–H groups in total. The number of hydrogen-bond donors (Lipinski definition) is 4. The van der Waals surface area contributed by atoms with Crippen molar-refractivity contribution in [1.82, 2.24) is 20.7 Å². The lowest BCUT2D eigenvalue weighted by molar-refractivity contribution is -0.140. The maximum Gasteiger partial charge on any atom is 0.338 e. The van der Waals surface area contributed by atoms with E-state index in [1.54, 1.807) is 26.2 Å². The van der Waals surface area contributed by atoms with Crippen LogP contribution in [0.2, 0.25) is 26.2 Å². The highest BCUT2D eigenvalue weighted by Gasteiger charge is 2.38. The number of carbonyl (C=O) groups is 4. The molecule has 19 heteroatoms. The molecule has 0 saturated heterocycles. The Bertz CT molecular complexity index is 1080. The summed E-state index contributed by atoms with van der Waals surface area (Å²) in [6.45, 7) is 16.4. The fraction of sp³-hybridized carbons (Fsp3) is 0.615. The van der Waals surface area contributed by atoms with Crippen molar-refractivity contribution < 1.29 is 52.6 Å². The molecule has 0 heterocycles. The van der Waals surface area contributed by atoms with Crippen molar-refractivity contribution in [2.45, 2.75) is 65.1 Å². The molecule has 0 aliphatic carbocycles. The van der Waals surface area contributed by atoms with Gasteiger partial charge in [-0.1, -0.05) is 23.4 Å². The number of rotatable bonds is 20. The van der Waals surface area contributed by atoms with Crippen LogP contribution in [0.1, 0.15) is 26.7 Å². The molecule has 4 amide bonds. The minimum atomic E-state index is -2.84. The third-order valence-electron chi connectivity index (χ3n) is 5.59. The van der Waals surface area contributed by atoms with E-state index >= 15 is 0 Å². The molecule has 0 aliphatic heterocycles. The van der Waals surface area contributed by atoms with Gasteiger partial charge in [0.05, 0.1) is 25.4 Å². The molecule has 0 rings (SSSR count). The van der Waals surface area contributed by atoms with Gasteiger partial charge in [-0.25, -0.2) is 39.6 Å². The summed E-state index contributed by atoms with van der Waals surface area (Å²) in [7, 11) is -5.68. The van der Waals surface area contributed by atoms with E-state index in [1.807, 2.05) is 10.9 Å². The lowest BCUT2D eigenvalue weighted by Crippen LogP contribution is -2.59. The Balaban J connectivity index is 5.65. The summed E-state index contributed by atoms with van der Waals surface area (Å²) >= 11 is 0. The fourth-order valence-electron chi connectivity index (χ4n) is 3.97. The lowest BCUT2D eigenvalue weighted by Gasteiger charge is -2.39. The number of aliphatic hydroxyl groups excluding tert-OH is 2. The van der Waals surface area contributed by atoms with Gasteiger partial charge in [0.1, 0.15) is 0 Å². The van der Waals surface area contributed by atoms with Crippen LogP contribution < -0.4 is 10.9 Å². The van der Waals surface area contributed by atoms with Gasteiger partial charge in [0.25, 0.3) is 12.2 Å². The molecule has 17 nitrogen and oxygen atoms in total. The molecule has 0 aromatic rings. The molecule has 0 bridgehead atoms. The number of hydrazone groups is 2. The number of nitrogens with zero attached hydrogens (tertiary/aromatic N) is 4. The number of hydrogen-bond acceptors (Lipinski definition) is 13. The van der Waals surface area contributed by atoms with Gasteiger partial charge in [0, 0.05) is 49.4 Å². The maximum atomic E-state index is 12.8. The van der Waals surface area contributed by atoms with Crippen LogP contribution in [0.25, 0.3) is 0 Å². The van der Waals surface area contributed by atoms with Crippen LogP contribution >= 0.6 is 0 Å².